The molecule has 0 aliphatic rings. The number of aliphatic hydroxyl groups is 2. The number of carbonyl (C=O) groups excluding carboxylic acids is 2. The number of amides is 1. The van der Waals surface area contributed by atoms with E-state index >= 15 is 0 Å². The summed E-state index contributed by atoms with van der Waals surface area (Å²) in [7, 11) is 0. The molecular weight excluding hydrogens is 779 g/mol. The van der Waals surface area contributed by atoms with Crippen LogP contribution in [0.2, 0.25) is 0 Å². The summed E-state index contributed by atoms with van der Waals surface area (Å²) < 4.78 is 5.92. The first-order valence-electron chi connectivity index (χ1n) is 26.4. The first-order valence-corrected chi connectivity index (χ1v) is 26.4. The predicted octanol–water partition coefficient (Wildman–Crippen LogP) is 16.0. The lowest BCUT2D eigenvalue weighted by Gasteiger charge is -2.24. The molecule has 0 saturated carbocycles. The molecule has 0 heterocycles. The van der Waals surface area contributed by atoms with Gasteiger partial charge in [0.05, 0.1) is 25.2 Å². The molecule has 0 radical (unpaired) electrons. The van der Waals surface area contributed by atoms with E-state index in [2.05, 4.69) is 86.8 Å². The molecular formula is C57H99NO5. The summed E-state index contributed by atoms with van der Waals surface area (Å²) in [6, 6.07) is -0.716. The Morgan fingerprint density at radius 1 is 0.492 bits per heavy atom. The van der Waals surface area contributed by atoms with Crippen LogP contribution in [0, 0.1) is 0 Å². The first-order chi connectivity index (χ1) is 31.0. The number of allylic oxidation sites excluding steroid dienone is 14. The van der Waals surface area contributed by atoms with Gasteiger partial charge in [0, 0.05) is 6.42 Å². The lowest BCUT2D eigenvalue weighted by atomic mass is 10.0. The van der Waals surface area contributed by atoms with Crippen molar-refractivity contribution in [3.05, 3.63) is 85.1 Å². The van der Waals surface area contributed by atoms with Crippen molar-refractivity contribution in [1.29, 1.82) is 0 Å². The molecule has 0 aliphatic heterocycles. The minimum atomic E-state index is -0.800. The van der Waals surface area contributed by atoms with Crippen molar-refractivity contribution in [2.24, 2.45) is 0 Å². The van der Waals surface area contributed by atoms with Gasteiger partial charge in [-0.1, -0.05) is 241 Å². The number of aliphatic hydroxyl groups excluding tert-OH is 2. The fraction of sp³-hybridized carbons (Fsp3) is 0.719. The molecule has 0 aliphatic carbocycles. The van der Waals surface area contributed by atoms with Crippen molar-refractivity contribution >= 4 is 11.9 Å². The predicted molar refractivity (Wildman–Crippen MR) is 273 cm³/mol. The molecule has 0 aromatic carbocycles. The van der Waals surface area contributed by atoms with E-state index in [1.807, 2.05) is 24.3 Å². The van der Waals surface area contributed by atoms with Gasteiger partial charge >= 0.3 is 5.97 Å². The zero-order valence-electron chi connectivity index (χ0n) is 41.2. The number of esters is 1. The number of ether oxygens (including phenoxy) is 1. The van der Waals surface area contributed by atoms with Crippen molar-refractivity contribution in [2.45, 2.75) is 257 Å². The molecule has 0 aromatic rings. The van der Waals surface area contributed by atoms with E-state index in [1.165, 1.54) is 83.5 Å². The van der Waals surface area contributed by atoms with Gasteiger partial charge < -0.3 is 20.3 Å². The smallest absolute Gasteiger partial charge is 0.306 e. The maximum atomic E-state index is 13.2. The molecule has 3 unspecified atom stereocenters. The third kappa shape index (κ3) is 45.4. The van der Waals surface area contributed by atoms with Crippen molar-refractivity contribution in [3.63, 3.8) is 0 Å². The Labute approximate surface area is 389 Å². The summed E-state index contributed by atoms with van der Waals surface area (Å²) in [5.74, 6) is -0.520. The zero-order valence-corrected chi connectivity index (χ0v) is 41.2. The Balaban J connectivity index is 4.61. The molecule has 0 spiro atoms. The molecule has 6 nitrogen and oxygen atoms in total. The monoisotopic (exact) mass is 878 g/mol. The van der Waals surface area contributed by atoms with E-state index in [1.54, 1.807) is 0 Å². The second-order valence-corrected chi connectivity index (χ2v) is 17.7. The van der Waals surface area contributed by atoms with E-state index in [4.69, 9.17) is 4.74 Å². The highest BCUT2D eigenvalue weighted by Gasteiger charge is 2.24. The molecule has 3 N–H and O–H groups in total. The molecule has 1 amide bonds. The SMILES string of the molecule is CC/C=C/C/C=C/CCCCCCCC(CC(=O)NC(CO)C(O)CCCCCCCCCCCCCCCC)OC(=O)CCCCCCC/C=C/C=C/C=C/C=C/C=C/CCC. The number of nitrogens with one attached hydrogen (secondary N) is 1. The minimum Gasteiger partial charge on any atom is -0.462 e. The maximum absolute atomic E-state index is 13.2. The summed E-state index contributed by atoms with van der Waals surface area (Å²) in [5, 5.41) is 23.8. The van der Waals surface area contributed by atoms with Gasteiger partial charge in [-0.3, -0.25) is 9.59 Å². The molecule has 0 saturated heterocycles. The maximum Gasteiger partial charge on any atom is 0.306 e. The van der Waals surface area contributed by atoms with Crippen LogP contribution in [-0.4, -0.2) is 46.9 Å². The Hall–Kier alpha value is -2.96. The average molecular weight is 878 g/mol. The van der Waals surface area contributed by atoms with E-state index in [0.29, 0.717) is 19.3 Å². The normalized spacial score (nSPS) is 13.9. The summed E-state index contributed by atoms with van der Waals surface area (Å²) >= 11 is 0. The number of rotatable bonds is 46. The Bertz CT molecular complexity index is 1210. The molecule has 0 aromatic heterocycles. The third-order valence-corrected chi connectivity index (χ3v) is 11.6. The molecule has 362 valence electrons. The van der Waals surface area contributed by atoms with Crippen LogP contribution in [0.3, 0.4) is 0 Å². The van der Waals surface area contributed by atoms with Crippen molar-refractivity contribution in [3.8, 4) is 0 Å². The van der Waals surface area contributed by atoms with E-state index in [-0.39, 0.29) is 24.9 Å². The van der Waals surface area contributed by atoms with Gasteiger partial charge in [-0.15, -0.1) is 0 Å². The van der Waals surface area contributed by atoms with Crippen LogP contribution < -0.4 is 5.32 Å². The highest BCUT2D eigenvalue weighted by molar-refractivity contribution is 5.77. The minimum absolute atomic E-state index is 0.0534. The van der Waals surface area contributed by atoms with Gasteiger partial charge in [-0.05, 0) is 70.6 Å². The van der Waals surface area contributed by atoms with E-state index in [9.17, 15) is 19.8 Å². The van der Waals surface area contributed by atoms with Gasteiger partial charge in [-0.25, -0.2) is 0 Å². The van der Waals surface area contributed by atoms with Crippen LogP contribution in [0.4, 0.5) is 0 Å². The Morgan fingerprint density at radius 2 is 0.952 bits per heavy atom. The van der Waals surface area contributed by atoms with Crippen LogP contribution in [0.1, 0.15) is 239 Å². The summed E-state index contributed by atoms with van der Waals surface area (Å²) in [4.78, 5) is 26.2. The van der Waals surface area contributed by atoms with Gasteiger partial charge in [-0.2, -0.15) is 0 Å². The van der Waals surface area contributed by atoms with Crippen LogP contribution in [-0.2, 0) is 14.3 Å². The second-order valence-electron chi connectivity index (χ2n) is 17.7. The van der Waals surface area contributed by atoms with Gasteiger partial charge in [0.1, 0.15) is 6.10 Å². The number of hydrogen-bond acceptors (Lipinski definition) is 5. The second kappa shape index (κ2) is 50.0. The standard InChI is InChI=1S/C57H99NO5/c1-4-7-10-13-16-19-22-25-27-28-29-30-32-35-38-41-44-47-50-57(62)63-53(48-45-42-39-36-33-24-21-18-15-12-9-6-3)51-56(61)58-54(52-59)55(60)49-46-43-40-37-34-31-26-23-20-17-14-11-8-5-2/h9-10,12-13,16,18-19,21-22,25,27-30,53-55,59-60H,4-8,11,14-15,17,20,23-24,26,31-52H2,1-3H3,(H,58,61)/b12-9+,13-10+,19-16+,21-18+,25-22+,28-27+,30-29+. The fourth-order valence-corrected chi connectivity index (χ4v) is 7.62. The quantitative estimate of drug-likeness (QED) is 0.0245. The summed E-state index contributed by atoms with van der Waals surface area (Å²) in [5.41, 5.74) is 0. The Kier molecular flexibility index (Phi) is 47.7. The number of hydrogen-bond donors (Lipinski definition) is 3. The van der Waals surface area contributed by atoms with Crippen LogP contribution in [0.5, 0.6) is 0 Å². The average Bonchev–Trinajstić information content (AvgIpc) is 3.28. The van der Waals surface area contributed by atoms with Crippen molar-refractivity contribution < 1.29 is 24.5 Å². The molecule has 0 fully saturated rings. The first kappa shape index (κ1) is 60.0. The van der Waals surface area contributed by atoms with Crippen LogP contribution >= 0.6 is 0 Å². The summed E-state index contributed by atoms with van der Waals surface area (Å²) in [6.07, 6.45) is 64.9. The van der Waals surface area contributed by atoms with Crippen LogP contribution in [0.15, 0.2) is 85.1 Å². The topological polar surface area (TPSA) is 95.9 Å². The number of carbonyl (C=O) groups is 2. The molecule has 6 heteroatoms. The largest absolute Gasteiger partial charge is 0.462 e. The summed E-state index contributed by atoms with van der Waals surface area (Å²) in [6.45, 7) is 6.28. The lowest BCUT2D eigenvalue weighted by Crippen LogP contribution is -2.46. The zero-order chi connectivity index (χ0) is 45.9. The van der Waals surface area contributed by atoms with Gasteiger partial charge in [0.15, 0.2) is 0 Å². The molecule has 0 bridgehead atoms. The lowest BCUT2D eigenvalue weighted by molar-refractivity contribution is -0.151. The molecule has 0 rings (SSSR count). The van der Waals surface area contributed by atoms with Crippen molar-refractivity contribution in [1.82, 2.24) is 5.32 Å². The third-order valence-electron chi connectivity index (χ3n) is 11.6. The number of unbranched alkanes of at least 4 members (excludes halogenated alkanes) is 24. The Morgan fingerprint density at radius 3 is 1.49 bits per heavy atom. The van der Waals surface area contributed by atoms with E-state index < -0.39 is 18.2 Å². The molecule has 3 atom stereocenters. The fourth-order valence-electron chi connectivity index (χ4n) is 7.62. The van der Waals surface area contributed by atoms with Gasteiger partial charge in [0.2, 0.25) is 5.91 Å². The van der Waals surface area contributed by atoms with Gasteiger partial charge in [0.25, 0.3) is 0 Å². The van der Waals surface area contributed by atoms with Crippen molar-refractivity contribution in [2.75, 3.05) is 6.61 Å². The highest BCUT2D eigenvalue weighted by Crippen LogP contribution is 2.18. The highest BCUT2D eigenvalue weighted by atomic mass is 16.5. The molecule has 63 heavy (non-hydrogen) atoms. The van der Waals surface area contributed by atoms with E-state index in [0.717, 1.165) is 109 Å². The van der Waals surface area contributed by atoms with Crippen LogP contribution in [0.25, 0.3) is 0 Å².